The summed E-state index contributed by atoms with van der Waals surface area (Å²) < 4.78 is 14.7. The lowest BCUT2D eigenvalue weighted by atomic mass is 10.0. The molecule has 31 heavy (non-hydrogen) atoms. The molecule has 160 valence electrons. The number of nitrogens with one attached hydrogen (secondary N) is 1. The summed E-state index contributed by atoms with van der Waals surface area (Å²) in [5.74, 6) is -2.10. The van der Waals surface area contributed by atoms with Gasteiger partial charge < -0.3 is 5.32 Å². The van der Waals surface area contributed by atoms with Crippen molar-refractivity contribution < 1.29 is 14.0 Å². The van der Waals surface area contributed by atoms with E-state index in [1.807, 2.05) is 30.3 Å². The summed E-state index contributed by atoms with van der Waals surface area (Å²) in [6.45, 7) is 0.319. The fourth-order valence-corrected chi connectivity index (χ4v) is 3.65. The van der Waals surface area contributed by atoms with E-state index in [0.717, 1.165) is 10.5 Å². The van der Waals surface area contributed by atoms with Gasteiger partial charge >= 0.3 is 0 Å². The van der Waals surface area contributed by atoms with E-state index in [-0.39, 0.29) is 16.3 Å². The van der Waals surface area contributed by atoms with Gasteiger partial charge in [0.05, 0.1) is 10.7 Å². The number of para-hydroxylation sites is 1. The normalized spacial score (nSPS) is 11.6. The van der Waals surface area contributed by atoms with Crippen molar-refractivity contribution in [2.45, 2.75) is 12.5 Å². The average Bonchev–Trinajstić information content (AvgIpc) is 2.79. The first-order valence-corrected chi connectivity index (χ1v) is 10.6. The summed E-state index contributed by atoms with van der Waals surface area (Å²) >= 11 is 12.2. The van der Waals surface area contributed by atoms with Crippen molar-refractivity contribution >= 4 is 40.7 Å². The second-order valence-electron chi connectivity index (χ2n) is 6.80. The summed E-state index contributed by atoms with van der Waals surface area (Å²) in [6.07, 6.45) is 0.589. The van der Waals surface area contributed by atoms with Crippen LogP contribution in [-0.4, -0.2) is 24.2 Å². The van der Waals surface area contributed by atoms with Crippen molar-refractivity contribution in [3.8, 4) is 0 Å². The van der Waals surface area contributed by atoms with Crippen LogP contribution in [0.2, 0.25) is 5.02 Å². The SMILES string of the molecule is O=C(NCCc1ccccc1)C(c1ccccc1F)N(C(=O)CCl)c1ccccc1Cl. The van der Waals surface area contributed by atoms with Crippen molar-refractivity contribution in [2.24, 2.45) is 0 Å². The highest BCUT2D eigenvalue weighted by Gasteiger charge is 2.34. The largest absolute Gasteiger partial charge is 0.354 e. The number of hydrogen-bond donors (Lipinski definition) is 1. The maximum Gasteiger partial charge on any atom is 0.247 e. The third-order valence-electron chi connectivity index (χ3n) is 4.76. The number of carbonyl (C=O) groups excluding carboxylic acids is 2. The highest BCUT2D eigenvalue weighted by atomic mass is 35.5. The molecule has 1 N–H and O–H groups in total. The molecule has 0 aromatic heterocycles. The number of hydrogen-bond acceptors (Lipinski definition) is 2. The Balaban J connectivity index is 1.96. The molecule has 0 fully saturated rings. The van der Waals surface area contributed by atoms with E-state index >= 15 is 0 Å². The Morgan fingerprint density at radius 3 is 2.26 bits per heavy atom. The first-order chi connectivity index (χ1) is 15.0. The molecule has 0 aliphatic heterocycles. The molecule has 1 unspecified atom stereocenters. The minimum atomic E-state index is -1.27. The minimum Gasteiger partial charge on any atom is -0.354 e. The highest BCUT2D eigenvalue weighted by molar-refractivity contribution is 6.35. The number of rotatable bonds is 8. The molecular formula is C24H21Cl2FN2O2. The fourth-order valence-electron chi connectivity index (χ4n) is 3.29. The van der Waals surface area contributed by atoms with Gasteiger partial charge in [0.15, 0.2) is 0 Å². The van der Waals surface area contributed by atoms with Gasteiger partial charge in [0, 0.05) is 12.1 Å². The quantitative estimate of drug-likeness (QED) is 0.474. The predicted molar refractivity (Wildman–Crippen MR) is 122 cm³/mol. The van der Waals surface area contributed by atoms with E-state index in [1.165, 1.54) is 18.2 Å². The van der Waals surface area contributed by atoms with Crippen LogP contribution < -0.4 is 10.2 Å². The Hall–Kier alpha value is -2.89. The van der Waals surface area contributed by atoms with Crippen LogP contribution in [0.1, 0.15) is 17.2 Å². The first-order valence-electron chi connectivity index (χ1n) is 9.71. The number of carbonyl (C=O) groups is 2. The molecule has 3 aromatic rings. The Morgan fingerprint density at radius 2 is 1.58 bits per heavy atom. The molecule has 0 saturated heterocycles. The summed E-state index contributed by atoms with van der Waals surface area (Å²) in [4.78, 5) is 27.3. The second-order valence-corrected chi connectivity index (χ2v) is 7.47. The van der Waals surface area contributed by atoms with E-state index in [9.17, 15) is 14.0 Å². The number of anilines is 1. The molecule has 7 heteroatoms. The lowest BCUT2D eigenvalue weighted by Crippen LogP contribution is -2.45. The lowest BCUT2D eigenvalue weighted by molar-refractivity contribution is -0.125. The van der Waals surface area contributed by atoms with Crippen LogP contribution in [-0.2, 0) is 16.0 Å². The molecule has 1 atom stereocenters. The standard InChI is InChI=1S/C24H21Cl2FN2O2/c25-16-22(30)29(21-13-7-5-11-19(21)26)23(18-10-4-6-12-20(18)27)24(31)28-15-14-17-8-2-1-3-9-17/h1-13,23H,14-16H2,(H,28,31). The maximum atomic E-state index is 14.7. The molecule has 0 radical (unpaired) electrons. The Bertz CT molecular complexity index is 1050. The summed E-state index contributed by atoms with van der Waals surface area (Å²) in [5.41, 5.74) is 1.38. The fraction of sp³-hybridized carbons (Fsp3) is 0.167. The van der Waals surface area contributed by atoms with Crippen LogP contribution in [0.15, 0.2) is 78.9 Å². The van der Waals surface area contributed by atoms with Crippen molar-refractivity contribution in [3.05, 3.63) is 101 Å². The smallest absolute Gasteiger partial charge is 0.247 e. The van der Waals surface area contributed by atoms with Crippen LogP contribution >= 0.6 is 23.2 Å². The number of alkyl halides is 1. The van der Waals surface area contributed by atoms with Gasteiger partial charge in [-0.05, 0) is 30.2 Å². The number of benzene rings is 3. The first kappa shape index (κ1) is 22.8. The predicted octanol–water partition coefficient (Wildman–Crippen LogP) is 5.15. The zero-order valence-electron chi connectivity index (χ0n) is 16.6. The topological polar surface area (TPSA) is 49.4 Å². The zero-order chi connectivity index (χ0) is 22.2. The third kappa shape index (κ3) is 5.63. The van der Waals surface area contributed by atoms with Gasteiger partial charge in [0.25, 0.3) is 0 Å². The van der Waals surface area contributed by atoms with Crippen molar-refractivity contribution in [1.29, 1.82) is 0 Å². The van der Waals surface area contributed by atoms with Gasteiger partial charge in [-0.2, -0.15) is 0 Å². The van der Waals surface area contributed by atoms with Crippen molar-refractivity contribution in [3.63, 3.8) is 0 Å². The van der Waals surface area contributed by atoms with E-state index in [0.29, 0.717) is 13.0 Å². The number of halogens is 3. The number of amides is 2. The van der Waals surface area contributed by atoms with Gasteiger partial charge in [-0.3, -0.25) is 14.5 Å². The molecule has 4 nitrogen and oxygen atoms in total. The summed E-state index contributed by atoms with van der Waals surface area (Å²) in [7, 11) is 0. The molecule has 0 aliphatic rings. The molecule has 0 aliphatic carbocycles. The van der Waals surface area contributed by atoms with Gasteiger partial charge in [-0.1, -0.05) is 72.3 Å². The summed E-state index contributed by atoms with van der Waals surface area (Å²) in [5, 5.41) is 3.07. The lowest BCUT2D eigenvalue weighted by Gasteiger charge is -2.31. The third-order valence-corrected chi connectivity index (χ3v) is 5.31. The molecule has 0 heterocycles. The zero-order valence-corrected chi connectivity index (χ0v) is 18.1. The monoisotopic (exact) mass is 458 g/mol. The van der Waals surface area contributed by atoms with Gasteiger partial charge in [-0.25, -0.2) is 4.39 Å². The van der Waals surface area contributed by atoms with E-state index in [1.54, 1.807) is 30.3 Å². The van der Waals surface area contributed by atoms with Crippen LogP contribution in [0.25, 0.3) is 0 Å². The molecule has 0 saturated carbocycles. The Kier molecular flexibility index (Phi) is 8.04. The molecule has 0 spiro atoms. The van der Waals surface area contributed by atoms with Crippen LogP contribution in [0.3, 0.4) is 0 Å². The highest BCUT2D eigenvalue weighted by Crippen LogP contribution is 2.34. The summed E-state index contributed by atoms with van der Waals surface area (Å²) in [6, 6.07) is 20.8. The average molecular weight is 459 g/mol. The van der Waals surface area contributed by atoms with E-state index < -0.39 is 29.6 Å². The molecule has 3 rings (SSSR count). The Labute approximate surface area is 190 Å². The van der Waals surface area contributed by atoms with Crippen LogP contribution in [0.4, 0.5) is 10.1 Å². The van der Waals surface area contributed by atoms with Crippen molar-refractivity contribution in [2.75, 3.05) is 17.3 Å². The molecular weight excluding hydrogens is 438 g/mol. The molecule has 2 amide bonds. The van der Waals surface area contributed by atoms with Crippen LogP contribution in [0.5, 0.6) is 0 Å². The van der Waals surface area contributed by atoms with Crippen molar-refractivity contribution in [1.82, 2.24) is 5.32 Å². The minimum absolute atomic E-state index is 0.0538. The van der Waals surface area contributed by atoms with Gasteiger partial charge in [-0.15, -0.1) is 11.6 Å². The van der Waals surface area contributed by atoms with Gasteiger partial charge in [0.2, 0.25) is 11.8 Å². The second kappa shape index (κ2) is 10.9. The van der Waals surface area contributed by atoms with Crippen LogP contribution in [0, 0.1) is 5.82 Å². The molecule has 3 aromatic carbocycles. The molecule has 0 bridgehead atoms. The maximum absolute atomic E-state index is 14.7. The number of nitrogens with zero attached hydrogens (tertiary/aromatic N) is 1. The van der Waals surface area contributed by atoms with E-state index in [4.69, 9.17) is 23.2 Å². The van der Waals surface area contributed by atoms with E-state index in [2.05, 4.69) is 5.32 Å². The Morgan fingerprint density at radius 1 is 0.935 bits per heavy atom. The van der Waals surface area contributed by atoms with Gasteiger partial charge in [0.1, 0.15) is 17.7 Å².